The molecule has 1 atom stereocenters. The van der Waals surface area contributed by atoms with Crippen molar-refractivity contribution >= 4 is 6.03 Å². The molecule has 2 N–H and O–H groups in total. The van der Waals surface area contributed by atoms with Gasteiger partial charge in [0, 0.05) is 24.8 Å². The largest absolute Gasteiger partial charge is 0.481 e. The number of urea groups is 1. The van der Waals surface area contributed by atoms with Gasteiger partial charge in [-0.25, -0.2) is 9.78 Å². The molecule has 0 aliphatic carbocycles. The van der Waals surface area contributed by atoms with Crippen LogP contribution in [0.15, 0.2) is 18.3 Å². The summed E-state index contributed by atoms with van der Waals surface area (Å²) in [5, 5.41) is 5.69. The van der Waals surface area contributed by atoms with Gasteiger partial charge in [-0.3, -0.25) is 0 Å². The second-order valence-corrected chi connectivity index (χ2v) is 4.22. The van der Waals surface area contributed by atoms with E-state index in [2.05, 4.69) is 22.5 Å². The predicted molar refractivity (Wildman–Crippen MR) is 70.5 cm³/mol. The zero-order chi connectivity index (χ0) is 13.4. The Labute approximate surface area is 108 Å². The van der Waals surface area contributed by atoms with Gasteiger partial charge in [0.1, 0.15) is 0 Å². The molecule has 1 unspecified atom stereocenters. The van der Waals surface area contributed by atoms with E-state index in [1.807, 2.05) is 13.0 Å². The van der Waals surface area contributed by atoms with Crippen LogP contribution in [-0.4, -0.2) is 24.2 Å². The zero-order valence-electron chi connectivity index (χ0n) is 11.2. The van der Waals surface area contributed by atoms with Crippen molar-refractivity contribution in [3.63, 3.8) is 0 Å². The Kier molecular flexibility index (Phi) is 5.97. The molecule has 18 heavy (non-hydrogen) atoms. The summed E-state index contributed by atoms with van der Waals surface area (Å²) in [5.74, 6) is 0.550. The van der Waals surface area contributed by atoms with E-state index in [1.54, 1.807) is 19.4 Å². The maximum Gasteiger partial charge on any atom is 0.315 e. The number of amides is 2. The lowest BCUT2D eigenvalue weighted by atomic mass is 10.2. The van der Waals surface area contributed by atoms with Crippen molar-refractivity contribution in [2.24, 2.45) is 0 Å². The van der Waals surface area contributed by atoms with E-state index >= 15 is 0 Å². The van der Waals surface area contributed by atoms with Gasteiger partial charge in [0.05, 0.1) is 7.11 Å². The van der Waals surface area contributed by atoms with Crippen LogP contribution in [0.2, 0.25) is 0 Å². The minimum atomic E-state index is -0.147. The van der Waals surface area contributed by atoms with Gasteiger partial charge in [0.2, 0.25) is 5.88 Å². The molecule has 1 aromatic rings. The summed E-state index contributed by atoms with van der Waals surface area (Å²) in [6, 6.07) is 3.70. The molecule has 0 aliphatic heterocycles. The molecule has 0 bridgehead atoms. The molecular formula is C13H21N3O2. The van der Waals surface area contributed by atoms with Crippen LogP contribution in [0.4, 0.5) is 4.79 Å². The first kappa shape index (κ1) is 14.3. The third-order valence-electron chi connectivity index (χ3n) is 2.56. The summed E-state index contributed by atoms with van der Waals surface area (Å²) in [5.41, 5.74) is 0.958. The van der Waals surface area contributed by atoms with Gasteiger partial charge in [-0.2, -0.15) is 0 Å². The highest BCUT2D eigenvalue weighted by Gasteiger charge is 2.05. The highest BCUT2D eigenvalue weighted by atomic mass is 16.5. The number of carbonyl (C=O) groups excluding carboxylic acids is 1. The zero-order valence-corrected chi connectivity index (χ0v) is 11.2. The van der Waals surface area contributed by atoms with E-state index in [-0.39, 0.29) is 12.1 Å². The number of aromatic nitrogens is 1. The van der Waals surface area contributed by atoms with Gasteiger partial charge in [0.15, 0.2) is 0 Å². The van der Waals surface area contributed by atoms with E-state index in [1.165, 1.54) is 0 Å². The molecule has 0 spiro atoms. The molecule has 0 radical (unpaired) electrons. The van der Waals surface area contributed by atoms with Crippen LogP contribution >= 0.6 is 0 Å². The molecule has 2 amide bonds. The molecule has 0 saturated carbocycles. The molecule has 1 rings (SSSR count). The van der Waals surface area contributed by atoms with Crippen molar-refractivity contribution in [2.75, 3.05) is 7.11 Å². The number of nitrogens with one attached hydrogen (secondary N) is 2. The third-order valence-corrected chi connectivity index (χ3v) is 2.56. The Morgan fingerprint density at radius 2 is 2.33 bits per heavy atom. The Hall–Kier alpha value is -1.78. The second-order valence-electron chi connectivity index (χ2n) is 4.22. The van der Waals surface area contributed by atoms with Crippen LogP contribution in [0.1, 0.15) is 32.3 Å². The molecule has 5 heteroatoms. The summed E-state index contributed by atoms with van der Waals surface area (Å²) in [6.45, 7) is 4.56. The lowest BCUT2D eigenvalue weighted by Crippen LogP contribution is -2.40. The number of nitrogens with zero attached hydrogens (tertiary/aromatic N) is 1. The summed E-state index contributed by atoms with van der Waals surface area (Å²) in [6.07, 6.45) is 3.70. The van der Waals surface area contributed by atoms with Gasteiger partial charge in [-0.05, 0) is 25.0 Å². The van der Waals surface area contributed by atoms with E-state index in [9.17, 15) is 4.79 Å². The summed E-state index contributed by atoms with van der Waals surface area (Å²) in [7, 11) is 1.57. The normalized spacial score (nSPS) is 11.7. The first-order chi connectivity index (χ1) is 8.65. The van der Waals surface area contributed by atoms with Crippen molar-refractivity contribution in [3.05, 3.63) is 23.9 Å². The van der Waals surface area contributed by atoms with Crippen LogP contribution in [0.25, 0.3) is 0 Å². The van der Waals surface area contributed by atoms with Crippen LogP contribution in [0.3, 0.4) is 0 Å². The maximum atomic E-state index is 11.6. The minimum Gasteiger partial charge on any atom is -0.481 e. The summed E-state index contributed by atoms with van der Waals surface area (Å²) >= 11 is 0. The first-order valence-electron chi connectivity index (χ1n) is 6.19. The molecule has 1 aromatic heterocycles. The Balaban J connectivity index is 2.37. The van der Waals surface area contributed by atoms with Crippen LogP contribution in [0.5, 0.6) is 5.88 Å². The molecule has 5 nitrogen and oxygen atoms in total. The SMILES string of the molecule is CCCC(C)NC(=O)NCc1ccnc(OC)c1. The van der Waals surface area contributed by atoms with Crippen LogP contribution in [-0.2, 0) is 6.54 Å². The number of hydrogen-bond acceptors (Lipinski definition) is 3. The fourth-order valence-electron chi connectivity index (χ4n) is 1.63. The molecule has 0 fully saturated rings. The Morgan fingerprint density at radius 1 is 1.56 bits per heavy atom. The maximum absolute atomic E-state index is 11.6. The molecule has 100 valence electrons. The van der Waals surface area contributed by atoms with Gasteiger partial charge in [-0.15, -0.1) is 0 Å². The number of hydrogen-bond donors (Lipinski definition) is 2. The lowest BCUT2D eigenvalue weighted by Gasteiger charge is -2.13. The number of rotatable bonds is 6. The van der Waals surface area contributed by atoms with E-state index < -0.39 is 0 Å². The van der Waals surface area contributed by atoms with E-state index in [0.717, 1.165) is 18.4 Å². The smallest absolute Gasteiger partial charge is 0.315 e. The average Bonchev–Trinajstić information content (AvgIpc) is 2.37. The Morgan fingerprint density at radius 3 is 3.00 bits per heavy atom. The summed E-state index contributed by atoms with van der Waals surface area (Å²) < 4.78 is 5.02. The number of pyridine rings is 1. The van der Waals surface area contributed by atoms with Crippen molar-refractivity contribution in [1.82, 2.24) is 15.6 Å². The molecule has 0 saturated heterocycles. The fourth-order valence-corrected chi connectivity index (χ4v) is 1.63. The quantitative estimate of drug-likeness (QED) is 0.813. The standard InChI is InChI=1S/C13H21N3O2/c1-4-5-10(2)16-13(17)15-9-11-6-7-14-12(8-11)18-3/h6-8,10H,4-5,9H2,1-3H3,(H2,15,16,17). The van der Waals surface area contributed by atoms with Crippen molar-refractivity contribution in [3.8, 4) is 5.88 Å². The molecule has 1 heterocycles. The molecule has 0 aliphatic rings. The van der Waals surface area contributed by atoms with Gasteiger partial charge < -0.3 is 15.4 Å². The summed E-state index contributed by atoms with van der Waals surface area (Å²) in [4.78, 5) is 15.6. The molecular weight excluding hydrogens is 230 g/mol. The van der Waals surface area contributed by atoms with Crippen molar-refractivity contribution in [2.45, 2.75) is 39.3 Å². The monoisotopic (exact) mass is 251 g/mol. The molecule has 0 aromatic carbocycles. The van der Waals surface area contributed by atoms with Gasteiger partial charge >= 0.3 is 6.03 Å². The second kappa shape index (κ2) is 7.53. The fraction of sp³-hybridized carbons (Fsp3) is 0.538. The van der Waals surface area contributed by atoms with Crippen LogP contribution < -0.4 is 15.4 Å². The topological polar surface area (TPSA) is 63.2 Å². The first-order valence-corrected chi connectivity index (χ1v) is 6.19. The number of ether oxygens (including phenoxy) is 1. The lowest BCUT2D eigenvalue weighted by molar-refractivity contribution is 0.236. The van der Waals surface area contributed by atoms with Gasteiger partial charge in [-0.1, -0.05) is 13.3 Å². The predicted octanol–water partition coefficient (Wildman–Crippen LogP) is 2.08. The van der Waals surface area contributed by atoms with Gasteiger partial charge in [0.25, 0.3) is 0 Å². The number of carbonyl (C=O) groups is 1. The van der Waals surface area contributed by atoms with Crippen LogP contribution in [0, 0.1) is 0 Å². The highest BCUT2D eigenvalue weighted by Crippen LogP contribution is 2.07. The number of methoxy groups -OCH3 is 1. The van der Waals surface area contributed by atoms with Crippen molar-refractivity contribution in [1.29, 1.82) is 0 Å². The average molecular weight is 251 g/mol. The van der Waals surface area contributed by atoms with Crippen molar-refractivity contribution < 1.29 is 9.53 Å². The third kappa shape index (κ3) is 5.03. The van der Waals surface area contributed by atoms with E-state index in [0.29, 0.717) is 12.4 Å². The van der Waals surface area contributed by atoms with E-state index in [4.69, 9.17) is 4.74 Å². The Bertz CT molecular complexity index is 382. The minimum absolute atomic E-state index is 0.147. The highest BCUT2D eigenvalue weighted by molar-refractivity contribution is 5.74.